The molecule has 0 fully saturated rings. The third-order valence-corrected chi connectivity index (χ3v) is 7.37. The van der Waals surface area contributed by atoms with Crippen molar-refractivity contribution >= 4 is 25.8 Å². The fourth-order valence-electron chi connectivity index (χ4n) is 3.66. The molecule has 1 aromatic rings. The van der Waals surface area contributed by atoms with E-state index in [0.29, 0.717) is 0 Å². The molecular weight excluding hydrogens is 386 g/mol. The van der Waals surface area contributed by atoms with Gasteiger partial charge < -0.3 is 10.4 Å². The van der Waals surface area contributed by atoms with Gasteiger partial charge in [-0.1, -0.05) is 108 Å². The summed E-state index contributed by atoms with van der Waals surface area (Å²) in [5.41, 5.74) is 2.01. The van der Waals surface area contributed by atoms with Crippen molar-refractivity contribution < 1.29 is 9.90 Å². The van der Waals surface area contributed by atoms with E-state index in [9.17, 15) is 4.79 Å². The first-order valence-corrected chi connectivity index (χ1v) is 15.8. The van der Waals surface area contributed by atoms with Crippen LogP contribution in [0.1, 0.15) is 82.6 Å². The number of carboxylic acids is 1. The average Bonchev–Trinajstić information content (AvgIpc) is 2.69. The molecule has 1 aromatic carbocycles. The van der Waals surface area contributed by atoms with E-state index in [1.165, 1.54) is 89.2 Å². The molecule has 0 atom stereocenters. The quantitative estimate of drug-likeness (QED) is 0.140. The van der Waals surface area contributed by atoms with Crippen LogP contribution >= 0.6 is 0 Å². The molecule has 0 spiro atoms. The Kier molecular flexibility index (Phi) is 14.3. The average molecular weight is 432 g/mol. The van der Waals surface area contributed by atoms with Crippen LogP contribution in [0.3, 0.4) is 0 Å². The summed E-state index contributed by atoms with van der Waals surface area (Å²) in [6, 6.07) is 9.40. The lowest BCUT2D eigenvalue weighted by Gasteiger charge is -2.14. The Labute approximate surface area is 186 Å². The number of anilines is 1. The molecule has 0 heterocycles. The highest BCUT2D eigenvalue weighted by atomic mass is 28.3. The van der Waals surface area contributed by atoms with Crippen LogP contribution in [0.5, 0.6) is 0 Å². The molecule has 4 heteroatoms. The Morgan fingerprint density at radius 2 is 1.27 bits per heavy atom. The van der Waals surface area contributed by atoms with Crippen LogP contribution in [0.15, 0.2) is 30.3 Å². The van der Waals surface area contributed by atoms with E-state index in [4.69, 9.17) is 5.11 Å². The predicted octanol–water partition coefficient (Wildman–Crippen LogP) is 8.22. The van der Waals surface area contributed by atoms with Gasteiger partial charge in [-0.25, -0.2) is 4.79 Å². The lowest BCUT2D eigenvalue weighted by atomic mass is 10.1. The van der Waals surface area contributed by atoms with Gasteiger partial charge in [-0.05, 0) is 30.2 Å². The number of carboxylic acid groups (broad SMARTS) is 1. The van der Waals surface area contributed by atoms with Crippen molar-refractivity contribution in [1.29, 1.82) is 0 Å². The molecule has 0 radical (unpaired) electrons. The SMILES string of the molecule is C[Si](C)(C)CCCCCCCCCCCCCCNc1ccc(C=CC(=O)O)cc1. The summed E-state index contributed by atoms with van der Waals surface area (Å²) in [4.78, 5) is 10.5. The summed E-state index contributed by atoms with van der Waals surface area (Å²) >= 11 is 0. The number of hydrogen-bond donors (Lipinski definition) is 2. The smallest absolute Gasteiger partial charge is 0.328 e. The van der Waals surface area contributed by atoms with Gasteiger partial charge in [-0.3, -0.25) is 0 Å². The number of aliphatic carboxylic acids is 1. The minimum atomic E-state index is -0.916. The van der Waals surface area contributed by atoms with Crippen LogP contribution in [0.4, 0.5) is 5.69 Å². The molecule has 0 aliphatic carbocycles. The number of carbonyl (C=O) groups is 1. The van der Waals surface area contributed by atoms with E-state index >= 15 is 0 Å². The molecule has 0 aromatic heterocycles. The van der Waals surface area contributed by atoms with E-state index in [1.807, 2.05) is 24.3 Å². The third-order valence-electron chi connectivity index (χ3n) is 5.51. The Morgan fingerprint density at radius 1 is 0.800 bits per heavy atom. The largest absolute Gasteiger partial charge is 0.478 e. The minimum absolute atomic E-state index is 0.808. The van der Waals surface area contributed by atoms with E-state index in [2.05, 4.69) is 25.0 Å². The molecule has 2 N–H and O–H groups in total. The van der Waals surface area contributed by atoms with Crippen molar-refractivity contribution in [1.82, 2.24) is 0 Å². The van der Waals surface area contributed by atoms with Gasteiger partial charge >= 0.3 is 5.97 Å². The summed E-state index contributed by atoms with van der Waals surface area (Å²) in [6.07, 6.45) is 19.5. The van der Waals surface area contributed by atoms with Gasteiger partial charge in [-0.15, -0.1) is 0 Å². The lowest BCUT2D eigenvalue weighted by Crippen LogP contribution is -2.18. The van der Waals surface area contributed by atoms with Crippen LogP contribution in [-0.2, 0) is 4.79 Å². The van der Waals surface area contributed by atoms with Gasteiger partial charge in [0, 0.05) is 26.4 Å². The maximum absolute atomic E-state index is 10.5. The minimum Gasteiger partial charge on any atom is -0.478 e. The van der Waals surface area contributed by atoms with Crippen LogP contribution in [-0.4, -0.2) is 25.7 Å². The Balaban J connectivity index is 1.87. The molecule has 0 unspecified atom stereocenters. The summed E-state index contributed by atoms with van der Waals surface area (Å²) in [7, 11) is -0.808. The first-order valence-electron chi connectivity index (χ1n) is 12.1. The van der Waals surface area contributed by atoms with Gasteiger partial charge in [0.05, 0.1) is 0 Å². The van der Waals surface area contributed by atoms with Gasteiger partial charge in [-0.2, -0.15) is 0 Å². The van der Waals surface area contributed by atoms with Crippen molar-refractivity contribution in [3.8, 4) is 0 Å². The van der Waals surface area contributed by atoms with Crippen LogP contribution < -0.4 is 5.32 Å². The molecule has 0 bridgehead atoms. The molecule has 0 aliphatic rings. The standard InChI is InChI=1S/C26H45NO2Si/c1-30(2,3)23-15-13-11-9-7-5-4-6-8-10-12-14-22-27-25-19-16-24(17-20-25)18-21-26(28)29/h16-21,27H,4-15,22-23H2,1-3H3,(H,28,29). The second-order valence-electron chi connectivity index (χ2n) is 9.77. The molecule has 0 saturated heterocycles. The number of rotatable bonds is 18. The Morgan fingerprint density at radius 3 is 1.73 bits per heavy atom. The van der Waals surface area contributed by atoms with Crippen molar-refractivity contribution in [3.63, 3.8) is 0 Å². The molecule has 0 aliphatic heterocycles. The molecular formula is C26H45NO2Si. The highest BCUT2D eigenvalue weighted by Gasteiger charge is 2.11. The second kappa shape index (κ2) is 16.2. The van der Waals surface area contributed by atoms with Crippen molar-refractivity contribution in [2.75, 3.05) is 11.9 Å². The van der Waals surface area contributed by atoms with Crippen molar-refractivity contribution in [2.45, 2.75) is 103 Å². The zero-order valence-electron chi connectivity index (χ0n) is 19.7. The summed E-state index contributed by atoms with van der Waals surface area (Å²) < 4.78 is 0. The van der Waals surface area contributed by atoms with Crippen molar-refractivity contribution in [3.05, 3.63) is 35.9 Å². The highest BCUT2D eigenvalue weighted by molar-refractivity contribution is 6.76. The van der Waals surface area contributed by atoms with Crippen molar-refractivity contribution in [2.24, 2.45) is 0 Å². The van der Waals surface area contributed by atoms with Crippen LogP contribution in [0.25, 0.3) is 6.08 Å². The fraction of sp³-hybridized carbons (Fsp3) is 0.654. The zero-order chi connectivity index (χ0) is 22.1. The lowest BCUT2D eigenvalue weighted by molar-refractivity contribution is -0.131. The van der Waals surface area contributed by atoms with E-state index in [-0.39, 0.29) is 0 Å². The van der Waals surface area contributed by atoms with Gasteiger partial charge in [0.15, 0.2) is 0 Å². The molecule has 1 rings (SSSR count). The number of nitrogens with one attached hydrogen (secondary N) is 1. The first-order chi connectivity index (χ1) is 14.4. The maximum atomic E-state index is 10.5. The Bertz CT molecular complexity index is 590. The number of hydrogen-bond acceptors (Lipinski definition) is 2. The summed E-state index contributed by atoms with van der Waals surface area (Å²) in [6.45, 7) is 8.44. The topological polar surface area (TPSA) is 49.3 Å². The first kappa shape index (κ1) is 26.5. The highest BCUT2D eigenvalue weighted by Crippen LogP contribution is 2.17. The van der Waals surface area contributed by atoms with Gasteiger partial charge in [0.2, 0.25) is 0 Å². The summed E-state index contributed by atoms with van der Waals surface area (Å²) in [5, 5.41) is 12.1. The molecule has 0 saturated carbocycles. The van der Waals surface area contributed by atoms with Gasteiger partial charge in [0.25, 0.3) is 0 Å². The monoisotopic (exact) mass is 431 g/mol. The Hall–Kier alpha value is -1.55. The predicted molar refractivity (Wildman–Crippen MR) is 135 cm³/mol. The molecule has 3 nitrogen and oxygen atoms in total. The zero-order valence-corrected chi connectivity index (χ0v) is 20.7. The number of benzene rings is 1. The van der Waals surface area contributed by atoms with E-state index in [0.717, 1.165) is 17.8 Å². The van der Waals surface area contributed by atoms with E-state index in [1.54, 1.807) is 6.08 Å². The molecule has 170 valence electrons. The number of unbranched alkanes of at least 4 members (excludes halogenated alkanes) is 11. The molecule has 30 heavy (non-hydrogen) atoms. The summed E-state index contributed by atoms with van der Waals surface area (Å²) in [5.74, 6) is -0.916. The van der Waals surface area contributed by atoms with Crippen LogP contribution in [0.2, 0.25) is 25.7 Å². The molecule has 0 amide bonds. The fourth-order valence-corrected chi connectivity index (χ4v) is 4.97. The maximum Gasteiger partial charge on any atom is 0.328 e. The normalized spacial score (nSPS) is 11.8. The third kappa shape index (κ3) is 16.3. The van der Waals surface area contributed by atoms with E-state index < -0.39 is 14.0 Å². The van der Waals surface area contributed by atoms with Crippen LogP contribution in [0, 0.1) is 0 Å². The second-order valence-corrected chi connectivity index (χ2v) is 15.4. The van der Waals surface area contributed by atoms with Gasteiger partial charge in [0.1, 0.15) is 0 Å².